The van der Waals surface area contributed by atoms with Crippen molar-refractivity contribution in [2.45, 2.75) is 12.5 Å². The summed E-state index contributed by atoms with van der Waals surface area (Å²) >= 11 is 0. The Morgan fingerprint density at radius 3 is 2.67 bits per heavy atom. The maximum atomic E-state index is 9.13. The Morgan fingerprint density at radius 1 is 1.33 bits per heavy atom. The van der Waals surface area contributed by atoms with Crippen molar-refractivity contribution in [3.8, 4) is 5.75 Å². The molecular weight excluding hydrogens is 262 g/mol. The summed E-state index contributed by atoms with van der Waals surface area (Å²) < 4.78 is 0. The summed E-state index contributed by atoms with van der Waals surface area (Å²) in [5.74, 6) is 0.329. The quantitative estimate of drug-likeness (QED) is 0.675. The molecule has 0 bridgehead atoms. The van der Waals surface area contributed by atoms with Crippen LogP contribution in [0.2, 0.25) is 0 Å². The van der Waals surface area contributed by atoms with Gasteiger partial charge >= 0.3 is 58.2 Å². The van der Waals surface area contributed by atoms with E-state index >= 15 is 0 Å². The van der Waals surface area contributed by atoms with Crippen LogP contribution in [0.25, 0.3) is 5.32 Å². The average Bonchev–Trinajstić information content (AvgIpc) is 2.23. The Morgan fingerprint density at radius 2 is 2.07 bits per heavy atom. The van der Waals surface area contributed by atoms with E-state index in [0.717, 1.165) is 26.1 Å². The van der Waals surface area contributed by atoms with Crippen LogP contribution < -0.4 is 63.5 Å². The van der Waals surface area contributed by atoms with Gasteiger partial charge in [-0.25, -0.2) is 0 Å². The van der Waals surface area contributed by atoms with E-state index in [2.05, 4.69) is 10.6 Å². The predicted molar refractivity (Wildman–Crippen MR) is 56.7 cm³/mol. The minimum Gasteiger partial charge on any atom is -0.660 e. The molecular formula is C11H15N2ORb. The molecule has 1 saturated heterocycles. The van der Waals surface area contributed by atoms with E-state index < -0.39 is 0 Å². The number of rotatable bonds is 2. The molecule has 1 fully saturated rings. The molecule has 0 unspecified atom stereocenters. The third-order valence-electron chi connectivity index (χ3n) is 2.47. The van der Waals surface area contributed by atoms with Crippen LogP contribution in [0.1, 0.15) is 5.56 Å². The van der Waals surface area contributed by atoms with Gasteiger partial charge in [-0.2, -0.15) is 0 Å². The largest absolute Gasteiger partial charge is 1.00 e. The van der Waals surface area contributed by atoms with Gasteiger partial charge in [0.1, 0.15) is 5.75 Å². The molecule has 1 atom stereocenters. The summed E-state index contributed by atoms with van der Waals surface area (Å²) in [5, 5.41) is 16.9. The number of phenols is 1. The third kappa shape index (κ3) is 4.63. The van der Waals surface area contributed by atoms with E-state index in [4.69, 9.17) is 5.11 Å². The minimum absolute atomic E-state index is 0. The van der Waals surface area contributed by atoms with Crippen molar-refractivity contribution in [3.63, 3.8) is 0 Å². The van der Waals surface area contributed by atoms with E-state index in [9.17, 15) is 0 Å². The molecule has 4 heteroatoms. The van der Waals surface area contributed by atoms with E-state index in [0.29, 0.717) is 11.8 Å². The average molecular weight is 277 g/mol. The van der Waals surface area contributed by atoms with Crippen LogP contribution in [0.15, 0.2) is 24.3 Å². The van der Waals surface area contributed by atoms with E-state index in [1.54, 1.807) is 12.1 Å². The van der Waals surface area contributed by atoms with Crippen LogP contribution in [0, 0.1) is 0 Å². The summed E-state index contributed by atoms with van der Waals surface area (Å²) in [7, 11) is 0. The fourth-order valence-electron chi connectivity index (χ4n) is 1.71. The second kappa shape index (κ2) is 7.15. The Bertz CT molecular complexity index is 283. The van der Waals surface area contributed by atoms with Crippen LogP contribution in [0.4, 0.5) is 0 Å². The first kappa shape index (κ1) is 13.8. The summed E-state index contributed by atoms with van der Waals surface area (Å²) in [6, 6.07) is 7.86. The number of aromatic hydroxyl groups is 1. The standard InChI is InChI=1S/C11H15N2O.Rb/c14-11-3-1-9(2-4-11)7-10-8-12-5-6-13-10;/h1-4,10,13-14H,5-8H2;/q-1;+1/t10-;/m1./s1. The first-order valence-electron chi connectivity index (χ1n) is 4.99. The molecule has 0 radical (unpaired) electrons. The molecule has 0 aliphatic carbocycles. The molecule has 1 aromatic rings. The summed E-state index contributed by atoms with van der Waals surface area (Å²) in [6.07, 6.45) is 0.990. The molecule has 1 aromatic carbocycles. The maximum absolute atomic E-state index is 9.13. The second-order valence-electron chi connectivity index (χ2n) is 3.65. The molecule has 0 aromatic heterocycles. The number of piperazine rings is 1. The van der Waals surface area contributed by atoms with Gasteiger partial charge in [0.25, 0.3) is 0 Å². The van der Waals surface area contributed by atoms with Gasteiger partial charge in [0.15, 0.2) is 0 Å². The van der Waals surface area contributed by atoms with Crippen LogP contribution in [0.3, 0.4) is 0 Å². The van der Waals surface area contributed by atoms with Crippen molar-refractivity contribution >= 4 is 0 Å². The van der Waals surface area contributed by atoms with E-state index in [-0.39, 0.29) is 58.2 Å². The zero-order chi connectivity index (χ0) is 9.80. The Kier molecular flexibility index (Phi) is 6.58. The summed E-state index contributed by atoms with van der Waals surface area (Å²) in [4.78, 5) is 0. The zero-order valence-corrected chi connectivity index (χ0v) is 14.0. The topological polar surface area (TPSA) is 46.4 Å². The van der Waals surface area contributed by atoms with E-state index in [1.807, 2.05) is 12.1 Å². The fourth-order valence-corrected chi connectivity index (χ4v) is 1.71. The van der Waals surface area contributed by atoms with Crippen molar-refractivity contribution in [1.29, 1.82) is 0 Å². The Hall–Kier alpha value is 0.745. The van der Waals surface area contributed by atoms with Crippen LogP contribution in [-0.4, -0.2) is 30.8 Å². The van der Waals surface area contributed by atoms with Crippen molar-refractivity contribution < 1.29 is 63.3 Å². The number of nitrogens with one attached hydrogen (secondary N) is 1. The number of benzene rings is 1. The molecule has 76 valence electrons. The van der Waals surface area contributed by atoms with Crippen LogP contribution >= 0.6 is 0 Å². The predicted octanol–water partition coefficient (Wildman–Crippen LogP) is -1.72. The normalized spacial score (nSPS) is 20.7. The van der Waals surface area contributed by atoms with Gasteiger partial charge in [-0.05, 0) is 36.7 Å². The first-order valence-corrected chi connectivity index (χ1v) is 4.99. The zero-order valence-electron chi connectivity index (χ0n) is 9.11. The van der Waals surface area contributed by atoms with E-state index in [1.165, 1.54) is 5.56 Å². The van der Waals surface area contributed by atoms with Gasteiger partial charge in [-0.1, -0.05) is 12.1 Å². The second-order valence-corrected chi connectivity index (χ2v) is 3.65. The fraction of sp³-hybridized carbons (Fsp3) is 0.455. The van der Waals surface area contributed by atoms with Crippen molar-refractivity contribution in [1.82, 2.24) is 5.32 Å². The Labute approximate surface area is 139 Å². The molecule has 0 amide bonds. The first-order chi connectivity index (χ1) is 6.84. The molecule has 2 N–H and O–H groups in total. The van der Waals surface area contributed by atoms with Crippen LogP contribution in [0.5, 0.6) is 5.75 Å². The molecule has 0 spiro atoms. The third-order valence-corrected chi connectivity index (χ3v) is 2.47. The number of hydrogen-bond donors (Lipinski definition) is 2. The van der Waals surface area contributed by atoms with Gasteiger partial charge < -0.3 is 15.7 Å². The summed E-state index contributed by atoms with van der Waals surface area (Å²) in [6.45, 7) is 2.83. The molecule has 1 aliphatic rings. The number of hydrogen-bond acceptors (Lipinski definition) is 2. The molecule has 2 rings (SSSR count). The smallest absolute Gasteiger partial charge is 0.660 e. The minimum atomic E-state index is 0. The van der Waals surface area contributed by atoms with Crippen LogP contribution in [-0.2, 0) is 6.42 Å². The van der Waals surface area contributed by atoms with Gasteiger partial charge in [-0.3, -0.25) is 0 Å². The van der Waals surface area contributed by atoms with Gasteiger partial charge in [0, 0.05) is 0 Å². The number of phenolic OH excluding ortho intramolecular Hbond substituents is 1. The molecule has 3 nitrogen and oxygen atoms in total. The molecule has 15 heavy (non-hydrogen) atoms. The molecule has 1 aliphatic heterocycles. The maximum Gasteiger partial charge on any atom is 1.00 e. The van der Waals surface area contributed by atoms with Crippen molar-refractivity contribution in [2.24, 2.45) is 0 Å². The number of nitrogens with zero attached hydrogens (tertiary/aromatic N) is 1. The summed E-state index contributed by atoms with van der Waals surface area (Å²) in [5.41, 5.74) is 1.25. The van der Waals surface area contributed by atoms with Crippen molar-refractivity contribution in [3.05, 3.63) is 35.1 Å². The monoisotopic (exact) mass is 276 g/mol. The Balaban J connectivity index is 0.00000112. The van der Waals surface area contributed by atoms with Crippen molar-refractivity contribution in [2.75, 3.05) is 19.6 Å². The SMILES string of the molecule is Oc1ccc(C[C@@H]2C[N-]CCN2)cc1.[Rb+]. The van der Waals surface area contributed by atoms with Gasteiger partial charge in [0.2, 0.25) is 0 Å². The van der Waals surface area contributed by atoms with Gasteiger partial charge in [-0.15, -0.1) is 13.1 Å². The molecule has 0 saturated carbocycles. The van der Waals surface area contributed by atoms with Gasteiger partial charge in [0.05, 0.1) is 0 Å². The molecule has 1 heterocycles.